The molecule has 152 valence electrons. The van der Waals surface area contributed by atoms with Crippen molar-refractivity contribution >= 4 is 22.8 Å². The van der Waals surface area contributed by atoms with E-state index in [0.29, 0.717) is 16.2 Å². The number of thioether (sulfide) groups is 1. The zero-order chi connectivity index (χ0) is 21.2. The van der Waals surface area contributed by atoms with E-state index in [4.69, 9.17) is 4.98 Å². The third-order valence-corrected chi connectivity index (χ3v) is 6.27. The second kappa shape index (κ2) is 8.28. The maximum absolute atomic E-state index is 13.6. The molecule has 0 aliphatic carbocycles. The van der Waals surface area contributed by atoms with E-state index in [2.05, 4.69) is 17.1 Å². The molecule has 0 saturated heterocycles. The second-order valence-corrected chi connectivity index (χ2v) is 8.38. The van der Waals surface area contributed by atoms with Gasteiger partial charge in [0.2, 0.25) is 0 Å². The van der Waals surface area contributed by atoms with E-state index in [-0.39, 0.29) is 5.56 Å². The fourth-order valence-electron chi connectivity index (χ4n) is 3.62. The fraction of sp³-hybridized carbons (Fsp3) is 0.0769. The molecular formula is C26H21N3OS. The van der Waals surface area contributed by atoms with E-state index in [1.54, 1.807) is 16.3 Å². The molecule has 5 aromatic rings. The van der Waals surface area contributed by atoms with Crippen molar-refractivity contribution in [3.63, 3.8) is 0 Å². The van der Waals surface area contributed by atoms with E-state index in [1.807, 2.05) is 85.9 Å². The highest BCUT2D eigenvalue weighted by Crippen LogP contribution is 2.30. The lowest BCUT2D eigenvalue weighted by Gasteiger charge is -2.13. The molecule has 0 spiro atoms. The van der Waals surface area contributed by atoms with Crippen LogP contribution in [0.5, 0.6) is 0 Å². The smallest absolute Gasteiger partial charge is 0.283 e. The Kier molecular flexibility index (Phi) is 5.18. The van der Waals surface area contributed by atoms with Crippen LogP contribution in [0.2, 0.25) is 0 Å². The Morgan fingerprint density at radius 1 is 0.903 bits per heavy atom. The largest absolute Gasteiger partial charge is 0.355 e. The minimum atomic E-state index is -0.0911. The van der Waals surface area contributed by atoms with Gasteiger partial charge in [0.05, 0.1) is 5.69 Å². The molecule has 0 unspecified atom stereocenters. The van der Waals surface area contributed by atoms with Crippen molar-refractivity contribution in [2.24, 2.45) is 0 Å². The summed E-state index contributed by atoms with van der Waals surface area (Å²) in [4.78, 5) is 21.7. The normalized spacial score (nSPS) is 11.1. The molecule has 3 aromatic carbocycles. The van der Waals surface area contributed by atoms with Gasteiger partial charge in [-0.2, -0.15) is 0 Å². The van der Waals surface area contributed by atoms with Crippen molar-refractivity contribution in [1.82, 2.24) is 14.5 Å². The molecule has 1 N–H and O–H groups in total. The zero-order valence-electron chi connectivity index (χ0n) is 17.1. The topological polar surface area (TPSA) is 50.7 Å². The highest BCUT2D eigenvalue weighted by atomic mass is 32.2. The van der Waals surface area contributed by atoms with Crippen LogP contribution in [0.3, 0.4) is 0 Å². The van der Waals surface area contributed by atoms with Crippen LogP contribution in [-0.4, -0.2) is 14.5 Å². The highest BCUT2D eigenvalue weighted by Gasteiger charge is 2.18. The van der Waals surface area contributed by atoms with Crippen LogP contribution >= 0.6 is 11.8 Å². The summed E-state index contributed by atoms with van der Waals surface area (Å²) < 4.78 is 1.71. The van der Waals surface area contributed by atoms with E-state index < -0.39 is 0 Å². The molecule has 2 heterocycles. The van der Waals surface area contributed by atoms with E-state index in [1.165, 1.54) is 5.56 Å². The number of hydrogen-bond donors (Lipinski definition) is 1. The van der Waals surface area contributed by atoms with Gasteiger partial charge in [0.15, 0.2) is 5.16 Å². The monoisotopic (exact) mass is 423 g/mol. The predicted octanol–water partition coefficient (Wildman–Crippen LogP) is 5.98. The van der Waals surface area contributed by atoms with Crippen molar-refractivity contribution in [1.29, 1.82) is 0 Å². The standard InChI is InChI=1S/C26H21N3OS/c1-18-12-14-21(15-13-18)29-25(30)24-23(22(16-27-24)20-10-6-3-7-11-20)28-26(29)31-17-19-8-4-2-5-9-19/h2-16,27H,17H2,1H3. The molecule has 0 saturated carbocycles. The fourth-order valence-corrected chi connectivity index (χ4v) is 4.58. The Hall–Kier alpha value is -3.57. The van der Waals surface area contributed by atoms with Crippen LogP contribution in [-0.2, 0) is 5.75 Å². The van der Waals surface area contributed by atoms with Gasteiger partial charge in [0.25, 0.3) is 5.56 Å². The number of nitrogens with zero attached hydrogens (tertiary/aromatic N) is 2. The van der Waals surface area contributed by atoms with Gasteiger partial charge in [-0.05, 0) is 30.2 Å². The minimum Gasteiger partial charge on any atom is -0.355 e. The van der Waals surface area contributed by atoms with Crippen LogP contribution < -0.4 is 5.56 Å². The molecule has 0 aliphatic heterocycles. The molecule has 0 fully saturated rings. The third-order valence-electron chi connectivity index (χ3n) is 5.26. The molecule has 5 heteroatoms. The first-order chi connectivity index (χ1) is 15.2. The summed E-state index contributed by atoms with van der Waals surface area (Å²) in [5.74, 6) is 0.732. The lowest BCUT2D eigenvalue weighted by Crippen LogP contribution is -2.21. The molecular weight excluding hydrogens is 402 g/mol. The maximum atomic E-state index is 13.6. The number of aromatic amines is 1. The first kappa shape index (κ1) is 19.4. The summed E-state index contributed by atoms with van der Waals surface area (Å²) in [6, 6.07) is 28.2. The van der Waals surface area contributed by atoms with Gasteiger partial charge in [-0.25, -0.2) is 4.98 Å². The number of nitrogens with one attached hydrogen (secondary N) is 1. The average Bonchev–Trinajstić information content (AvgIpc) is 3.24. The number of fused-ring (bicyclic) bond motifs is 1. The lowest BCUT2D eigenvalue weighted by molar-refractivity contribution is 0.818. The molecule has 5 rings (SSSR count). The van der Waals surface area contributed by atoms with Gasteiger partial charge in [-0.15, -0.1) is 0 Å². The Morgan fingerprint density at radius 2 is 1.58 bits per heavy atom. The van der Waals surface area contributed by atoms with Crippen LogP contribution in [0.25, 0.3) is 27.8 Å². The van der Waals surface area contributed by atoms with Crippen LogP contribution in [0, 0.1) is 6.92 Å². The molecule has 31 heavy (non-hydrogen) atoms. The summed E-state index contributed by atoms with van der Waals surface area (Å²) in [5, 5.41) is 0.682. The lowest BCUT2D eigenvalue weighted by atomic mass is 10.1. The summed E-state index contributed by atoms with van der Waals surface area (Å²) in [6.45, 7) is 2.04. The SMILES string of the molecule is Cc1ccc(-n2c(SCc3ccccc3)nc3c(-c4ccccc4)c[nH]c3c2=O)cc1. The Labute approximate surface area is 184 Å². The van der Waals surface area contributed by atoms with Gasteiger partial charge >= 0.3 is 0 Å². The molecule has 0 aliphatic rings. The number of aromatic nitrogens is 3. The van der Waals surface area contributed by atoms with Crippen molar-refractivity contribution in [3.8, 4) is 16.8 Å². The van der Waals surface area contributed by atoms with Crippen molar-refractivity contribution in [3.05, 3.63) is 113 Å². The number of H-pyrrole nitrogens is 1. The van der Waals surface area contributed by atoms with Gasteiger partial charge in [-0.1, -0.05) is 90.1 Å². The summed E-state index contributed by atoms with van der Waals surface area (Å²) >= 11 is 1.57. The predicted molar refractivity (Wildman–Crippen MR) is 128 cm³/mol. The van der Waals surface area contributed by atoms with E-state index in [9.17, 15) is 4.79 Å². The number of aryl methyl sites for hydroxylation is 1. The van der Waals surface area contributed by atoms with Crippen LogP contribution in [0.4, 0.5) is 0 Å². The summed E-state index contributed by atoms with van der Waals surface area (Å²) in [7, 11) is 0. The first-order valence-corrected chi connectivity index (χ1v) is 11.1. The Balaban J connectivity index is 1.69. The molecule has 0 atom stereocenters. The quantitative estimate of drug-likeness (QED) is 0.279. The third kappa shape index (κ3) is 3.80. The number of rotatable bonds is 5. The Bertz CT molecular complexity index is 1390. The minimum absolute atomic E-state index is 0.0911. The molecule has 4 nitrogen and oxygen atoms in total. The van der Waals surface area contributed by atoms with Gasteiger partial charge in [-0.3, -0.25) is 9.36 Å². The van der Waals surface area contributed by atoms with Gasteiger partial charge < -0.3 is 4.98 Å². The second-order valence-electron chi connectivity index (χ2n) is 7.44. The van der Waals surface area contributed by atoms with E-state index in [0.717, 1.165) is 28.1 Å². The summed E-state index contributed by atoms with van der Waals surface area (Å²) in [5.41, 5.74) is 6.25. The number of benzene rings is 3. The van der Waals surface area contributed by atoms with Gasteiger partial charge in [0.1, 0.15) is 11.0 Å². The maximum Gasteiger partial charge on any atom is 0.283 e. The number of hydrogen-bond acceptors (Lipinski definition) is 3. The Morgan fingerprint density at radius 3 is 2.29 bits per heavy atom. The molecule has 0 bridgehead atoms. The van der Waals surface area contributed by atoms with Crippen molar-refractivity contribution < 1.29 is 0 Å². The van der Waals surface area contributed by atoms with Crippen molar-refractivity contribution in [2.75, 3.05) is 0 Å². The first-order valence-electron chi connectivity index (χ1n) is 10.1. The molecule has 0 amide bonds. The van der Waals surface area contributed by atoms with Crippen molar-refractivity contribution in [2.45, 2.75) is 17.8 Å². The summed E-state index contributed by atoms with van der Waals surface area (Å²) in [6.07, 6.45) is 1.87. The van der Waals surface area contributed by atoms with Crippen LogP contribution in [0.15, 0.2) is 101 Å². The molecule has 2 aromatic heterocycles. The van der Waals surface area contributed by atoms with Gasteiger partial charge in [0, 0.05) is 17.5 Å². The zero-order valence-corrected chi connectivity index (χ0v) is 17.9. The average molecular weight is 424 g/mol. The van der Waals surface area contributed by atoms with E-state index >= 15 is 0 Å². The van der Waals surface area contributed by atoms with Crippen LogP contribution in [0.1, 0.15) is 11.1 Å². The highest BCUT2D eigenvalue weighted by molar-refractivity contribution is 7.98. The molecule has 0 radical (unpaired) electrons.